The van der Waals surface area contributed by atoms with Crippen LogP contribution in [-0.4, -0.2) is 24.8 Å². The molecule has 3 N–H and O–H groups in total. The molecule has 0 unspecified atom stereocenters. The van der Waals surface area contributed by atoms with E-state index in [1.165, 1.54) is 0 Å². The predicted molar refractivity (Wildman–Crippen MR) is 43.6 cm³/mol. The summed E-state index contributed by atoms with van der Waals surface area (Å²) < 4.78 is 10.3. The van der Waals surface area contributed by atoms with Gasteiger partial charge in [0.25, 0.3) is 0 Å². The highest BCUT2D eigenvalue weighted by atomic mass is 16.7. The molecule has 0 rings (SSSR count). The summed E-state index contributed by atoms with van der Waals surface area (Å²) in [6.45, 7) is 6.27. The van der Waals surface area contributed by atoms with Crippen LogP contribution in [0.2, 0.25) is 0 Å². The van der Waals surface area contributed by atoms with Crippen LogP contribution in [0.5, 0.6) is 0 Å². The van der Waals surface area contributed by atoms with Crippen molar-refractivity contribution in [2.24, 2.45) is 5.73 Å². The second-order valence-corrected chi connectivity index (χ2v) is 2.23. The molecule has 0 aliphatic carbocycles. The van der Waals surface area contributed by atoms with Gasteiger partial charge in [-0.3, -0.25) is 5.41 Å². The standard InChI is InChI=1S/C7H16N2O2/c1-4-10-7(3,6(8)9)11-5-2/h4-5H2,1-3H3,(H3,8,9). The number of hydrogen-bond donors (Lipinski definition) is 2. The van der Waals surface area contributed by atoms with Gasteiger partial charge in [0.1, 0.15) is 0 Å². The van der Waals surface area contributed by atoms with E-state index in [0.29, 0.717) is 13.2 Å². The summed E-state index contributed by atoms with van der Waals surface area (Å²) in [5.41, 5.74) is 5.28. The van der Waals surface area contributed by atoms with Crippen LogP contribution in [0.3, 0.4) is 0 Å². The first-order valence-electron chi connectivity index (χ1n) is 3.69. The average Bonchev–Trinajstić information content (AvgIpc) is 1.88. The molecule has 0 radical (unpaired) electrons. The van der Waals surface area contributed by atoms with Crippen molar-refractivity contribution < 1.29 is 9.47 Å². The van der Waals surface area contributed by atoms with Crippen molar-refractivity contribution in [2.75, 3.05) is 13.2 Å². The fourth-order valence-corrected chi connectivity index (χ4v) is 0.748. The van der Waals surface area contributed by atoms with Crippen molar-refractivity contribution in [2.45, 2.75) is 26.6 Å². The minimum atomic E-state index is -1.04. The second-order valence-electron chi connectivity index (χ2n) is 2.23. The highest BCUT2D eigenvalue weighted by molar-refractivity contribution is 5.84. The summed E-state index contributed by atoms with van der Waals surface area (Å²) in [5.74, 6) is -1.13. The minimum Gasteiger partial charge on any atom is -0.383 e. The zero-order chi connectivity index (χ0) is 8.91. The van der Waals surface area contributed by atoms with Gasteiger partial charge in [0.15, 0.2) is 5.84 Å². The molecule has 0 saturated carbocycles. The topological polar surface area (TPSA) is 68.3 Å². The first-order chi connectivity index (χ1) is 5.06. The molecular weight excluding hydrogens is 144 g/mol. The molecule has 0 aromatic carbocycles. The molecule has 4 heteroatoms. The van der Waals surface area contributed by atoms with Crippen molar-refractivity contribution in [1.82, 2.24) is 0 Å². The SMILES string of the molecule is CCOC(C)(OCC)C(=N)N. The third kappa shape index (κ3) is 2.86. The van der Waals surface area contributed by atoms with E-state index in [1.807, 2.05) is 13.8 Å². The Hall–Kier alpha value is -0.610. The number of hydrogen-bond acceptors (Lipinski definition) is 3. The molecule has 0 bridgehead atoms. The Bertz CT molecular complexity index is 130. The van der Waals surface area contributed by atoms with Gasteiger partial charge in [0.05, 0.1) is 0 Å². The Morgan fingerprint density at radius 1 is 1.36 bits per heavy atom. The van der Waals surface area contributed by atoms with Crippen LogP contribution in [0, 0.1) is 5.41 Å². The number of ether oxygens (including phenoxy) is 2. The van der Waals surface area contributed by atoms with Gasteiger partial charge in [0.2, 0.25) is 5.79 Å². The summed E-state index contributed by atoms with van der Waals surface area (Å²) in [6.07, 6.45) is 0. The maximum absolute atomic E-state index is 7.18. The maximum Gasteiger partial charge on any atom is 0.224 e. The molecule has 0 fully saturated rings. The highest BCUT2D eigenvalue weighted by Crippen LogP contribution is 2.11. The Balaban J connectivity index is 4.13. The molecule has 0 aliphatic rings. The minimum absolute atomic E-state index is 0.0961. The van der Waals surface area contributed by atoms with Crippen LogP contribution < -0.4 is 5.73 Å². The molecule has 0 aliphatic heterocycles. The molecule has 0 spiro atoms. The first kappa shape index (κ1) is 10.4. The zero-order valence-electron chi connectivity index (χ0n) is 7.31. The van der Waals surface area contributed by atoms with Crippen LogP contribution in [0.15, 0.2) is 0 Å². The number of rotatable bonds is 5. The molecule has 0 aromatic heterocycles. The Morgan fingerprint density at radius 3 is 1.91 bits per heavy atom. The molecular formula is C7H16N2O2. The van der Waals surface area contributed by atoms with Crippen molar-refractivity contribution in [1.29, 1.82) is 5.41 Å². The smallest absolute Gasteiger partial charge is 0.224 e. The van der Waals surface area contributed by atoms with E-state index in [1.54, 1.807) is 6.92 Å². The monoisotopic (exact) mass is 160 g/mol. The van der Waals surface area contributed by atoms with Crippen LogP contribution >= 0.6 is 0 Å². The largest absolute Gasteiger partial charge is 0.383 e. The van der Waals surface area contributed by atoms with Crippen LogP contribution in [-0.2, 0) is 9.47 Å². The van der Waals surface area contributed by atoms with Gasteiger partial charge in [-0.1, -0.05) is 0 Å². The molecule has 0 atom stereocenters. The number of nitrogens with one attached hydrogen (secondary N) is 1. The lowest BCUT2D eigenvalue weighted by atomic mass is 10.3. The number of nitrogens with two attached hydrogens (primary N) is 1. The van der Waals surface area contributed by atoms with Gasteiger partial charge in [-0.15, -0.1) is 0 Å². The third-order valence-corrected chi connectivity index (χ3v) is 1.33. The summed E-state index contributed by atoms with van der Waals surface area (Å²) in [4.78, 5) is 0. The van der Waals surface area contributed by atoms with Gasteiger partial charge in [0, 0.05) is 13.2 Å². The van der Waals surface area contributed by atoms with Gasteiger partial charge in [-0.2, -0.15) is 0 Å². The van der Waals surface area contributed by atoms with E-state index in [2.05, 4.69) is 0 Å². The van der Waals surface area contributed by atoms with Crippen LogP contribution in [0.25, 0.3) is 0 Å². The maximum atomic E-state index is 7.18. The molecule has 66 valence electrons. The Morgan fingerprint density at radius 2 is 1.73 bits per heavy atom. The van der Waals surface area contributed by atoms with Crippen LogP contribution in [0.4, 0.5) is 0 Å². The lowest BCUT2D eigenvalue weighted by Crippen LogP contribution is -2.45. The van der Waals surface area contributed by atoms with Crippen LogP contribution in [0.1, 0.15) is 20.8 Å². The van der Waals surface area contributed by atoms with E-state index in [4.69, 9.17) is 20.6 Å². The van der Waals surface area contributed by atoms with Crippen molar-refractivity contribution in [3.05, 3.63) is 0 Å². The van der Waals surface area contributed by atoms with Gasteiger partial charge >= 0.3 is 0 Å². The molecule has 0 saturated heterocycles. The molecule has 11 heavy (non-hydrogen) atoms. The zero-order valence-corrected chi connectivity index (χ0v) is 7.31. The lowest BCUT2D eigenvalue weighted by molar-refractivity contribution is -0.172. The molecule has 0 heterocycles. The Kier molecular flexibility index (Phi) is 4.07. The summed E-state index contributed by atoms with van der Waals surface area (Å²) >= 11 is 0. The van der Waals surface area contributed by atoms with Gasteiger partial charge < -0.3 is 15.2 Å². The van der Waals surface area contributed by atoms with Gasteiger partial charge in [-0.05, 0) is 20.8 Å². The lowest BCUT2D eigenvalue weighted by Gasteiger charge is -2.27. The van der Waals surface area contributed by atoms with E-state index >= 15 is 0 Å². The fraction of sp³-hybridized carbons (Fsp3) is 0.857. The molecule has 4 nitrogen and oxygen atoms in total. The van der Waals surface area contributed by atoms with E-state index in [-0.39, 0.29) is 5.84 Å². The quantitative estimate of drug-likeness (QED) is 0.353. The average molecular weight is 160 g/mol. The summed E-state index contributed by atoms with van der Waals surface area (Å²) in [5, 5.41) is 7.18. The number of amidine groups is 1. The third-order valence-electron chi connectivity index (χ3n) is 1.33. The molecule has 0 amide bonds. The normalized spacial score (nSPS) is 11.5. The second kappa shape index (κ2) is 4.31. The fourth-order valence-electron chi connectivity index (χ4n) is 0.748. The predicted octanol–water partition coefficient (Wildman–Crippen LogP) is 0.712. The van der Waals surface area contributed by atoms with E-state index in [9.17, 15) is 0 Å². The Labute approximate surface area is 67.2 Å². The van der Waals surface area contributed by atoms with Crippen molar-refractivity contribution in [3.8, 4) is 0 Å². The van der Waals surface area contributed by atoms with E-state index in [0.717, 1.165) is 0 Å². The molecule has 0 aromatic rings. The first-order valence-corrected chi connectivity index (χ1v) is 3.69. The van der Waals surface area contributed by atoms with Gasteiger partial charge in [-0.25, -0.2) is 0 Å². The van der Waals surface area contributed by atoms with E-state index < -0.39 is 5.79 Å². The van der Waals surface area contributed by atoms with Crippen molar-refractivity contribution >= 4 is 5.84 Å². The van der Waals surface area contributed by atoms with Crippen molar-refractivity contribution in [3.63, 3.8) is 0 Å². The summed E-state index contributed by atoms with van der Waals surface area (Å²) in [7, 11) is 0. The highest BCUT2D eigenvalue weighted by Gasteiger charge is 2.28. The summed E-state index contributed by atoms with van der Waals surface area (Å²) in [6, 6.07) is 0.